The molecule has 1 fully saturated rings. The van der Waals surface area contributed by atoms with E-state index in [1.165, 1.54) is 0 Å². The number of pyridine rings is 1. The number of likely N-dealkylation sites (tertiary alicyclic amines) is 1. The zero-order chi connectivity index (χ0) is 20.1. The first-order chi connectivity index (χ1) is 13.5. The topological polar surface area (TPSA) is 62.3 Å². The number of hydrogen-bond donors (Lipinski definition) is 1. The predicted octanol–water partition coefficient (Wildman–Crippen LogP) is 4.33. The van der Waals surface area contributed by atoms with Gasteiger partial charge in [-0.05, 0) is 54.9 Å². The molecule has 0 spiro atoms. The molecule has 1 aromatic heterocycles. The van der Waals surface area contributed by atoms with Crippen LogP contribution in [0, 0.1) is 5.92 Å². The van der Waals surface area contributed by atoms with Gasteiger partial charge in [0.2, 0.25) is 0 Å². The molecule has 1 N–H and O–H groups in total. The van der Waals surface area contributed by atoms with Gasteiger partial charge in [0.05, 0.1) is 0 Å². The molecule has 1 atom stereocenters. The number of nitrogens with one attached hydrogen (secondary N) is 1. The van der Waals surface area contributed by atoms with E-state index < -0.39 is 0 Å². The molecule has 1 aromatic carbocycles. The standard InChI is InChI=1S/C23H29N3O2/c1-4-17-10-6-11-18(5-2)21(17)25-22(27)19-12-7-13-20(24-19)23(28)26-14-8-9-16(3)15-26/h6-7,10-13,16H,4-5,8-9,14-15H2,1-3H3,(H,25,27). The van der Waals surface area contributed by atoms with Gasteiger partial charge in [-0.3, -0.25) is 9.59 Å². The smallest absolute Gasteiger partial charge is 0.274 e. The van der Waals surface area contributed by atoms with E-state index in [9.17, 15) is 9.59 Å². The fraction of sp³-hybridized carbons (Fsp3) is 0.435. The van der Waals surface area contributed by atoms with Gasteiger partial charge < -0.3 is 10.2 Å². The second-order valence-electron chi connectivity index (χ2n) is 7.52. The van der Waals surface area contributed by atoms with Crippen LogP contribution < -0.4 is 5.32 Å². The van der Waals surface area contributed by atoms with Gasteiger partial charge in [-0.1, -0.05) is 45.0 Å². The highest BCUT2D eigenvalue weighted by Gasteiger charge is 2.23. The van der Waals surface area contributed by atoms with Crippen molar-refractivity contribution in [2.24, 2.45) is 5.92 Å². The Kier molecular flexibility index (Phi) is 6.45. The van der Waals surface area contributed by atoms with E-state index in [1.807, 2.05) is 23.1 Å². The molecule has 0 radical (unpaired) electrons. The molecule has 2 aromatic rings. The molecule has 0 bridgehead atoms. The van der Waals surface area contributed by atoms with Gasteiger partial charge in [0.25, 0.3) is 11.8 Å². The summed E-state index contributed by atoms with van der Waals surface area (Å²) in [5.41, 5.74) is 3.66. The lowest BCUT2D eigenvalue weighted by Crippen LogP contribution is -2.39. The van der Waals surface area contributed by atoms with E-state index in [0.29, 0.717) is 11.6 Å². The first kappa shape index (κ1) is 20.1. The number of para-hydroxylation sites is 1. The molecular weight excluding hydrogens is 350 g/mol. The molecule has 5 nitrogen and oxygen atoms in total. The zero-order valence-corrected chi connectivity index (χ0v) is 17.0. The van der Waals surface area contributed by atoms with Gasteiger partial charge in [0.15, 0.2) is 0 Å². The molecule has 1 aliphatic rings. The molecule has 0 saturated carbocycles. The summed E-state index contributed by atoms with van der Waals surface area (Å²) in [4.78, 5) is 31.9. The molecule has 1 saturated heterocycles. The average molecular weight is 380 g/mol. The number of nitrogens with zero attached hydrogens (tertiary/aromatic N) is 2. The first-order valence-electron chi connectivity index (χ1n) is 10.2. The third kappa shape index (κ3) is 4.41. The van der Waals surface area contributed by atoms with Crippen LogP contribution in [-0.4, -0.2) is 34.8 Å². The first-order valence-corrected chi connectivity index (χ1v) is 10.2. The van der Waals surface area contributed by atoms with Crippen LogP contribution in [0.2, 0.25) is 0 Å². The Balaban J connectivity index is 1.81. The van der Waals surface area contributed by atoms with Crippen molar-refractivity contribution in [3.05, 3.63) is 58.9 Å². The van der Waals surface area contributed by atoms with Crippen molar-refractivity contribution in [1.82, 2.24) is 9.88 Å². The molecule has 2 heterocycles. The second kappa shape index (κ2) is 9.00. The Morgan fingerprint density at radius 1 is 1.07 bits per heavy atom. The van der Waals surface area contributed by atoms with Crippen LogP contribution in [-0.2, 0) is 12.8 Å². The molecule has 1 aliphatic heterocycles. The van der Waals surface area contributed by atoms with E-state index in [0.717, 1.165) is 55.6 Å². The van der Waals surface area contributed by atoms with Gasteiger partial charge in [-0.15, -0.1) is 0 Å². The highest BCUT2D eigenvalue weighted by Crippen LogP contribution is 2.23. The zero-order valence-electron chi connectivity index (χ0n) is 17.0. The minimum Gasteiger partial charge on any atom is -0.337 e. The maximum Gasteiger partial charge on any atom is 0.274 e. The van der Waals surface area contributed by atoms with Crippen molar-refractivity contribution in [3.8, 4) is 0 Å². The number of rotatable bonds is 5. The molecule has 28 heavy (non-hydrogen) atoms. The number of aromatic nitrogens is 1. The van der Waals surface area contributed by atoms with E-state index in [2.05, 4.69) is 31.1 Å². The maximum absolute atomic E-state index is 12.9. The van der Waals surface area contributed by atoms with Crippen molar-refractivity contribution < 1.29 is 9.59 Å². The van der Waals surface area contributed by atoms with E-state index in [1.54, 1.807) is 18.2 Å². The van der Waals surface area contributed by atoms with Gasteiger partial charge in [0.1, 0.15) is 11.4 Å². The van der Waals surface area contributed by atoms with Crippen LogP contribution in [0.25, 0.3) is 0 Å². The Labute approximate surface area is 167 Å². The third-order valence-electron chi connectivity index (χ3n) is 5.38. The van der Waals surface area contributed by atoms with Gasteiger partial charge in [-0.25, -0.2) is 4.98 Å². The summed E-state index contributed by atoms with van der Waals surface area (Å²) in [7, 11) is 0. The second-order valence-corrected chi connectivity index (χ2v) is 7.52. The lowest BCUT2D eigenvalue weighted by Gasteiger charge is -2.30. The van der Waals surface area contributed by atoms with Crippen molar-refractivity contribution in [3.63, 3.8) is 0 Å². The van der Waals surface area contributed by atoms with Crippen LogP contribution in [0.3, 0.4) is 0 Å². The van der Waals surface area contributed by atoms with Crippen LogP contribution in [0.5, 0.6) is 0 Å². The summed E-state index contributed by atoms with van der Waals surface area (Å²) >= 11 is 0. The van der Waals surface area contributed by atoms with Crippen molar-refractivity contribution in [2.75, 3.05) is 18.4 Å². The highest BCUT2D eigenvalue weighted by atomic mass is 16.2. The van der Waals surface area contributed by atoms with Crippen LogP contribution in [0.15, 0.2) is 36.4 Å². The average Bonchev–Trinajstić information content (AvgIpc) is 2.73. The number of benzene rings is 1. The molecule has 5 heteroatoms. The number of piperidine rings is 1. The summed E-state index contributed by atoms with van der Waals surface area (Å²) in [6.07, 6.45) is 3.84. The third-order valence-corrected chi connectivity index (χ3v) is 5.38. The fourth-order valence-electron chi connectivity index (χ4n) is 3.80. The van der Waals surface area contributed by atoms with Crippen molar-refractivity contribution in [1.29, 1.82) is 0 Å². The lowest BCUT2D eigenvalue weighted by molar-refractivity contribution is 0.0677. The molecule has 0 aliphatic carbocycles. The minimum atomic E-state index is -0.280. The molecule has 1 unspecified atom stereocenters. The predicted molar refractivity (Wildman–Crippen MR) is 112 cm³/mol. The quantitative estimate of drug-likeness (QED) is 0.841. The summed E-state index contributed by atoms with van der Waals surface area (Å²) < 4.78 is 0. The molecule has 148 valence electrons. The van der Waals surface area contributed by atoms with E-state index in [-0.39, 0.29) is 17.5 Å². The van der Waals surface area contributed by atoms with E-state index in [4.69, 9.17) is 0 Å². The number of carbonyl (C=O) groups excluding carboxylic acids is 2. The number of hydrogen-bond acceptors (Lipinski definition) is 3. The number of amides is 2. The van der Waals surface area contributed by atoms with E-state index >= 15 is 0 Å². The van der Waals surface area contributed by atoms with Crippen molar-refractivity contribution in [2.45, 2.75) is 46.5 Å². The van der Waals surface area contributed by atoms with Crippen molar-refractivity contribution >= 4 is 17.5 Å². The summed E-state index contributed by atoms with van der Waals surface area (Å²) in [5.74, 6) is 0.129. The van der Waals surface area contributed by atoms with Gasteiger partial charge in [-0.2, -0.15) is 0 Å². The molecule has 2 amide bonds. The molecular formula is C23H29N3O2. The monoisotopic (exact) mass is 379 g/mol. The Morgan fingerprint density at radius 2 is 1.71 bits per heavy atom. The molecule has 3 rings (SSSR count). The summed E-state index contributed by atoms with van der Waals surface area (Å²) in [5, 5.41) is 3.02. The highest BCUT2D eigenvalue weighted by molar-refractivity contribution is 6.04. The number of anilines is 1. The number of carbonyl (C=O) groups is 2. The Bertz CT molecular complexity index is 840. The lowest BCUT2D eigenvalue weighted by atomic mass is 10.00. The Hall–Kier alpha value is -2.69. The Morgan fingerprint density at radius 3 is 2.36 bits per heavy atom. The van der Waals surface area contributed by atoms with Gasteiger partial charge in [0, 0.05) is 18.8 Å². The summed E-state index contributed by atoms with van der Waals surface area (Å²) in [6.45, 7) is 7.81. The SMILES string of the molecule is CCc1cccc(CC)c1NC(=O)c1cccc(C(=O)N2CCCC(C)C2)n1. The van der Waals surface area contributed by atoms with Crippen LogP contribution >= 0.6 is 0 Å². The van der Waals surface area contributed by atoms with Crippen LogP contribution in [0.4, 0.5) is 5.69 Å². The fourth-order valence-corrected chi connectivity index (χ4v) is 3.80. The summed E-state index contributed by atoms with van der Waals surface area (Å²) in [6, 6.07) is 11.2. The van der Waals surface area contributed by atoms with Gasteiger partial charge >= 0.3 is 0 Å². The van der Waals surface area contributed by atoms with Crippen LogP contribution in [0.1, 0.15) is 65.7 Å². The maximum atomic E-state index is 12.9. The largest absolute Gasteiger partial charge is 0.337 e. The normalized spacial score (nSPS) is 16.7. The minimum absolute atomic E-state index is 0.0931. The number of aryl methyl sites for hydroxylation is 2.